The number of hydrogen-bond acceptors (Lipinski definition) is 6. The molecule has 9 nitrogen and oxygen atoms in total. The molecule has 2 aliphatic heterocycles. The van der Waals surface area contributed by atoms with E-state index in [0.717, 1.165) is 16.2 Å². The topological polar surface area (TPSA) is 105 Å². The number of benzene rings is 3. The summed E-state index contributed by atoms with van der Waals surface area (Å²) in [6.07, 6.45) is 0.623. The lowest BCUT2D eigenvalue weighted by Gasteiger charge is -2.29. The van der Waals surface area contributed by atoms with Crippen LogP contribution >= 0.6 is 0 Å². The molecule has 5 rings (SSSR count). The van der Waals surface area contributed by atoms with Crippen LogP contribution in [0.5, 0.6) is 11.5 Å². The summed E-state index contributed by atoms with van der Waals surface area (Å²) in [6, 6.07) is 19.2. The van der Waals surface area contributed by atoms with Crippen LogP contribution in [0.25, 0.3) is 0 Å². The maximum Gasteiger partial charge on any atom is 0.265 e. The van der Waals surface area contributed by atoms with Gasteiger partial charge in [0.25, 0.3) is 17.7 Å². The van der Waals surface area contributed by atoms with Gasteiger partial charge in [0, 0.05) is 18.3 Å². The van der Waals surface area contributed by atoms with Gasteiger partial charge in [0.1, 0.15) is 18.0 Å². The van der Waals surface area contributed by atoms with Crippen LogP contribution in [0.15, 0.2) is 66.7 Å². The van der Waals surface area contributed by atoms with Gasteiger partial charge in [0.05, 0.1) is 23.4 Å². The van der Waals surface area contributed by atoms with Crippen molar-refractivity contribution >= 4 is 35.0 Å². The van der Waals surface area contributed by atoms with Crippen LogP contribution in [0.4, 0.5) is 11.4 Å². The van der Waals surface area contributed by atoms with Crippen molar-refractivity contribution in [1.82, 2.24) is 4.90 Å². The van der Waals surface area contributed by atoms with Gasteiger partial charge in [-0.25, -0.2) is 0 Å². The first-order valence-electron chi connectivity index (χ1n) is 11.9. The molecular weight excluding hydrogens is 474 g/mol. The van der Waals surface area contributed by atoms with Crippen LogP contribution in [0, 0.1) is 6.92 Å². The highest BCUT2D eigenvalue weighted by Gasteiger charge is 2.36. The molecule has 0 saturated heterocycles. The Balaban J connectivity index is 1.19. The number of carbonyl (C=O) groups excluding carboxylic acids is 4. The number of ether oxygens (including phenoxy) is 2. The summed E-state index contributed by atoms with van der Waals surface area (Å²) in [7, 11) is 0. The monoisotopic (exact) mass is 499 g/mol. The number of carbonyl (C=O) groups is 4. The zero-order chi connectivity index (χ0) is 25.9. The molecule has 4 amide bonds. The number of amides is 4. The second-order valence-electron chi connectivity index (χ2n) is 8.82. The number of aryl methyl sites for hydroxylation is 1. The van der Waals surface area contributed by atoms with Crippen molar-refractivity contribution in [2.45, 2.75) is 13.3 Å². The minimum atomic E-state index is -0.522. The Hall–Kier alpha value is -4.66. The van der Waals surface area contributed by atoms with Gasteiger partial charge in [-0.2, -0.15) is 0 Å². The van der Waals surface area contributed by atoms with Crippen molar-refractivity contribution in [3.05, 3.63) is 83.4 Å². The van der Waals surface area contributed by atoms with Crippen molar-refractivity contribution < 1.29 is 28.7 Å². The predicted octanol–water partition coefficient (Wildman–Crippen LogP) is 3.42. The molecule has 0 atom stereocenters. The normalized spacial score (nSPS) is 14.2. The molecule has 0 aliphatic carbocycles. The average Bonchev–Trinajstić information content (AvgIpc) is 3.13. The van der Waals surface area contributed by atoms with E-state index in [1.165, 1.54) is 0 Å². The molecule has 3 aromatic carbocycles. The fraction of sp³-hybridized carbons (Fsp3) is 0.214. The summed E-state index contributed by atoms with van der Waals surface area (Å²) in [6.45, 7) is 2.40. The molecule has 9 heteroatoms. The third-order valence-corrected chi connectivity index (χ3v) is 6.18. The summed E-state index contributed by atoms with van der Waals surface area (Å²) in [5.74, 6) is -0.440. The van der Waals surface area contributed by atoms with Gasteiger partial charge in [0.15, 0.2) is 6.61 Å². The Bertz CT molecular complexity index is 1350. The Labute approximate surface area is 213 Å². The fourth-order valence-corrected chi connectivity index (χ4v) is 4.30. The lowest BCUT2D eigenvalue weighted by atomic mass is 10.1. The minimum Gasteiger partial charge on any atom is -0.494 e. The molecule has 3 aromatic rings. The quantitative estimate of drug-likeness (QED) is 0.376. The van der Waals surface area contributed by atoms with Gasteiger partial charge in [-0.05, 0) is 49.7 Å². The van der Waals surface area contributed by atoms with E-state index in [1.807, 2.05) is 31.2 Å². The van der Waals surface area contributed by atoms with Crippen LogP contribution < -0.4 is 19.7 Å². The molecule has 37 heavy (non-hydrogen) atoms. The number of rotatable bonds is 8. The van der Waals surface area contributed by atoms with E-state index in [0.29, 0.717) is 36.7 Å². The predicted molar refractivity (Wildman–Crippen MR) is 136 cm³/mol. The number of nitrogens with zero attached hydrogens (tertiary/aromatic N) is 2. The van der Waals surface area contributed by atoms with Gasteiger partial charge in [0.2, 0.25) is 5.91 Å². The Morgan fingerprint density at radius 1 is 0.946 bits per heavy atom. The van der Waals surface area contributed by atoms with Crippen molar-refractivity contribution in [2.24, 2.45) is 0 Å². The molecular formula is C28H25N3O6. The Morgan fingerprint density at radius 3 is 2.35 bits per heavy atom. The van der Waals surface area contributed by atoms with E-state index in [2.05, 4.69) is 5.32 Å². The number of fused-ring (bicyclic) bond motifs is 2. The first kappa shape index (κ1) is 24.1. The van der Waals surface area contributed by atoms with Crippen molar-refractivity contribution in [1.29, 1.82) is 0 Å². The molecule has 0 aromatic heterocycles. The smallest absolute Gasteiger partial charge is 0.265 e. The van der Waals surface area contributed by atoms with Crippen LogP contribution in [0.1, 0.15) is 32.7 Å². The zero-order valence-corrected chi connectivity index (χ0v) is 20.2. The van der Waals surface area contributed by atoms with E-state index in [4.69, 9.17) is 9.47 Å². The highest BCUT2D eigenvalue weighted by atomic mass is 16.5. The van der Waals surface area contributed by atoms with Crippen LogP contribution in [0.2, 0.25) is 0 Å². The molecule has 188 valence electrons. The molecule has 0 fully saturated rings. The highest BCUT2D eigenvalue weighted by Crippen LogP contribution is 2.34. The lowest BCUT2D eigenvalue weighted by Crippen LogP contribution is -2.40. The maximum atomic E-state index is 12.6. The number of hydrogen-bond donors (Lipinski definition) is 1. The maximum absolute atomic E-state index is 12.6. The van der Waals surface area contributed by atoms with Crippen molar-refractivity contribution in [2.75, 3.05) is 36.5 Å². The van der Waals surface area contributed by atoms with Gasteiger partial charge < -0.3 is 19.7 Å². The average molecular weight is 500 g/mol. The van der Waals surface area contributed by atoms with E-state index in [-0.39, 0.29) is 23.6 Å². The largest absolute Gasteiger partial charge is 0.494 e. The summed E-state index contributed by atoms with van der Waals surface area (Å²) < 4.78 is 11.4. The summed E-state index contributed by atoms with van der Waals surface area (Å²) in [5.41, 5.74) is 2.76. The highest BCUT2D eigenvalue weighted by molar-refractivity contribution is 6.22. The van der Waals surface area contributed by atoms with E-state index in [1.54, 1.807) is 47.4 Å². The van der Waals surface area contributed by atoms with Crippen molar-refractivity contribution in [3.63, 3.8) is 0 Å². The van der Waals surface area contributed by atoms with Crippen LogP contribution in [0.3, 0.4) is 0 Å². The van der Waals surface area contributed by atoms with Crippen LogP contribution in [-0.4, -0.2) is 54.8 Å². The first-order chi connectivity index (χ1) is 17.9. The Morgan fingerprint density at radius 2 is 1.65 bits per heavy atom. The fourth-order valence-electron chi connectivity index (χ4n) is 4.30. The van der Waals surface area contributed by atoms with E-state index >= 15 is 0 Å². The van der Waals surface area contributed by atoms with E-state index < -0.39 is 24.3 Å². The molecule has 0 spiro atoms. The van der Waals surface area contributed by atoms with Gasteiger partial charge in [-0.1, -0.05) is 29.8 Å². The Kier molecular flexibility index (Phi) is 6.59. The molecule has 1 N–H and O–H groups in total. The minimum absolute atomic E-state index is 0.113. The molecule has 2 aliphatic rings. The third-order valence-electron chi connectivity index (χ3n) is 6.18. The van der Waals surface area contributed by atoms with Crippen molar-refractivity contribution in [3.8, 4) is 11.5 Å². The van der Waals surface area contributed by atoms with Crippen LogP contribution in [-0.2, 0) is 9.59 Å². The van der Waals surface area contributed by atoms with Gasteiger partial charge >= 0.3 is 0 Å². The third kappa shape index (κ3) is 5.02. The van der Waals surface area contributed by atoms with E-state index in [9.17, 15) is 19.2 Å². The summed E-state index contributed by atoms with van der Waals surface area (Å²) >= 11 is 0. The molecule has 0 bridgehead atoms. The zero-order valence-electron chi connectivity index (χ0n) is 20.2. The molecule has 0 radical (unpaired) electrons. The SMILES string of the molecule is Cc1ccc(OCCCN2C(=O)COc3cc(NC(=O)CN4C(=O)c5ccccc5C4=O)ccc32)cc1. The second-order valence-corrected chi connectivity index (χ2v) is 8.82. The standard InChI is InChI=1S/C28H25N3O6/c1-18-7-10-20(11-8-18)36-14-4-13-30-23-12-9-19(15-24(23)37-17-26(30)33)29-25(32)16-31-27(34)21-5-2-3-6-22(21)28(31)35/h2-3,5-12,15H,4,13-14,16-17H2,1H3,(H,29,32). The second kappa shape index (κ2) is 10.1. The molecule has 0 unspecified atom stereocenters. The number of anilines is 2. The molecule has 0 saturated carbocycles. The summed E-state index contributed by atoms with van der Waals surface area (Å²) in [5, 5.41) is 2.70. The number of imide groups is 1. The number of nitrogens with one attached hydrogen (secondary N) is 1. The van der Waals surface area contributed by atoms with Gasteiger partial charge in [-0.3, -0.25) is 24.1 Å². The van der Waals surface area contributed by atoms with Gasteiger partial charge in [-0.15, -0.1) is 0 Å². The first-order valence-corrected chi connectivity index (χ1v) is 11.9. The molecule has 2 heterocycles. The summed E-state index contributed by atoms with van der Waals surface area (Å²) in [4.78, 5) is 52.7. The lowest BCUT2D eigenvalue weighted by molar-refractivity contribution is -0.121.